The highest BCUT2D eigenvalue weighted by Crippen LogP contribution is 2.10. The van der Waals surface area contributed by atoms with Crippen LogP contribution in [0.5, 0.6) is 0 Å². The van der Waals surface area contributed by atoms with Crippen LogP contribution >= 0.6 is 0 Å². The molecule has 0 unspecified atom stereocenters. The van der Waals surface area contributed by atoms with Gasteiger partial charge in [0.1, 0.15) is 0 Å². The van der Waals surface area contributed by atoms with Gasteiger partial charge in [0.15, 0.2) is 0 Å². The SMILES string of the molecule is CC(C)CCN1CCN(C(=O)Cc2ccc(N)cc2)CC1. The largest absolute Gasteiger partial charge is 0.399 e. The molecule has 0 aromatic heterocycles. The van der Waals surface area contributed by atoms with Crippen molar-refractivity contribution < 1.29 is 4.79 Å². The number of benzene rings is 1. The molecule has 0 atom stereocenters. The number of rotatable bonds is 5. The van der Waals surface area contributed by atoms with Crippen LogP contribution in [0.2, 0.25) is 0 Å². The van der Waals surface area contributed by atoms with Gasteiger partial charge in [-0.05, 0) is 36.6 Å². The smallest absolute Gasteiger partial charge is 0.227 e. The number of nitrogens with zero attached hydrogens (tertiary/aromatic N) is 2. The molecule has 0 radical (unpaired) electrons. The number of hydrogen-bond acceptors (Lipinski definition) is 3. The molecule has 21 heavy (non-hydrogen) atoms. The first-order valence-electron chi connectivity index (χ1n) is 7.89. The van der Waals surface area contributed by atoms with E-state index in [9.17, 15) is 4.79 Å². The number of amides is 1. The summed E-state index contributed by atoms with van der Waals surface area (Å²) < 4.78 is 0. The van der Waals surface area contributed by atoms with Crippen molar-refractivity contribution in [3.63, 3.8) is 0 Å². The van der Waals surface area contributed by atoms with Crippen LogP contribution in [0.15, 0.2) is 24.3 Å². The van der Waals surface area contributed by atoms with Crippen molar-refractivity contribution in [3.05, 3.63) is 29.8 Å². The van der Waals surface area contributed by atoms with E-state index >= 15 is 0 Å². The minimum Gasteiger partial charge on any atom is -0.399 e. The molecule has 0 bridgehead atoms. The first-order valence-corrected chi connectivity index (χ1v) is 7.89. The molecule has 1 fully saturated rings. The molecule has 0 spiro atoms. The van der Waals surface area contributed by atoms with E-state index in [4.69, 9.17) is 5.73 Å². The molecule has 1 aliphatic rings. The Morgan fingerprint density at radius 1 is 1.14 bits per heavy atom. The highest BCUT2D eigenvalue weighted by molar-refractivity contribution is 5.79. The molecule has 1 amide bonds. The average molecular weight is 289 g/mol. The summed E-state index contributed by atoms with van der Waals surface area (Å²) >= 11 is 0. The lowest BCUT2D eigenvalue weighted by atomic mass is 10.1. The second-order valence-electron chi connectivity index (χ2n) is 6.32. The summed E-state index contributed by atoms with van der Waals surface area (Å²) in [5, 5.41) is 0. The van der Waals surface area contributed by atoms with Crippen molar-refractivity contribution in [1.29, 1.82) is 0 Å². The first-order chi connectivity index (χ1) is 10.0. The van der Waals surface area contributed by atoms with E-state index in [1.54, 1.807) is 0 Å². The molecule has 2 rings (SSSR count). The fourth-order valence-corrected chi connectivity index (χ4v) is 2.58. The monoisotopic (exact) mass is 289 g/mol. The summed E-state index contributed by atoms with van der Waals surface area (Å²) in [6.45, 7) is 9.37. The van der Waals surface area contributed by atoms with Gasteiger partial charge < -0.3 is 10.6 Å². The molecule has 1 aromatic rings. The maximum atomic E-state index is 12.3. The van der Waals surface area contributed by atoms with Gasteiger partial charge in [0.25, 0.3) is 0 Å². The maximum absolute atomic E-state index is 12.3. The fourth-order valence-electron chi connectivity index (χ4n) is 2.58. The molecular formula is C17H27N3O. The van der Waals surface area contributed by atoms with Gasteiger partial charge in [-0.3, -0.25) is 9.69 Å². The van der Waals surface area contributed by atoms with E-state index < -0.39 is 0 Å². The number of carbonyl (C=O) groups excluding carboxylic acids is 1. The summed E-state index contributed by atoms with van der Waals surface area (Å²) in [5.74, 6) is 0.971. The number of carbonyl (C=O) groups is 1. The number of nitrogen functional groups attached to an aromatic ring is 1. The summed E-state index contributed by atoms with van der Waals surface area (Å²) in [4.78, 5) is 16.8. The van der Waals surface area contributed by atoms with Crippen molar-refractivity contribution in [2.75, 3.05) is 38.5 Å². The zero-order chi connectivity index (χ0) is 15.2. The van der Waals surface area contributed by atoms with Crippen molar-refractivity contribution in [3.8, 4) is 0 Å². The van der Waals surface area contributed by atoms with Gasteiger partial charge in [-0.2, -0.15) is 0 Å². The Labute approximate surface area is 127 Å². The Balaban J connectivity index is 1.76. The van der Waals surface area contributed by atoms with E-state index in [2.05, 4.69) is 18.7 Å². The molecule has 0 saturated carbocycles. The van der Waals surface area contributed by atoms with E-state index in [0.717, 1.165) is 49.9 Å². The molecule has 1 heterocycles. The average Bonchev–Trinajstić information content (AvgIpc) is 2.48. The quantitative estimate of drug-likeness (QED) is 0.844. The minimum atomic E-state index is 0.225. The Morgan fingerprint density at radius 2 is 1.76 bits per heavy atom. The lowest BCUT2D eigenvalue weighted by Crippen LogP contribution is -2.49. The number of hydrogen-bond donors (Lipinski definition) is 1. The molecule has 116 valence electrons. The highest BCUT2D eigenvalue weighted by Gasteiger charge is 2.20. The molecule has 0 aliphatic carbocycles. The standard InChI is InChI=1S/C17H27N3O/c1-14(2)7-8-19-9-11-20(12-10-19)17(21)13-15-3-5-16(18)6-4-15/h3-6,14H,7-13,18H2,1-2H3. The molecule has 1 saturated heterocycles. The summed E-state index contributed by atoms with van der Waals surface area (Å²) in [6.07, 6.45) is 1.71. The van der Waals surface area contributed by atoms with Crippen molar-refractivity contribution in [2.45, 2.75) is 26.7 Å². The minimum absolute atomic E-state index is 0.225. The van der Waals surface area contributed by atoms with E-state index in [-0.39, 0.29) is 5.91 Å². The highest BCUT2D eigenvalue weighted by atomic mass is 16.2. The van der Waals surface area contributed by atoms with Crippen molar-refractivity contribution in [1.82, 2.24) is 9.80 Å². The fraction of sp³-hybridized carbons (Fsp3) is 0.588. The van der Waals surface area contributed by atoms with Crippen LogP contribution in [0.4, 0.5) is 5.69 Å². The zero-order valence-corrected chi connectivity index (χ0v) is 13.2. The second kappa shape index (κ2) is 7.46. The van der Waals surface area contributed by atoms with Crippen molar-refractivity contribution in [2.24, 2.45) is 5.92 Å². The Kier molecular flexibility index (Phi) is 5.62. The number of anilines is 1. The zero-order valence-electron chi connectivity index (χ0n) is 13.2. The molecule has 2 N–H and O–H groups in total. The summed E-state index contributed by atoms with van der Waals surface area (Å²) in [5.41, 5.74) is 7.44. The van der Waals surface area contributed by atoms with Crippen LogP contribution < -0.4 is 5.73 Å². The van der Waals surface area contributed by atoms with Gasteiger partial charge in [0.05, 0.1) is 6.42 Å². The van der Waals surface area contributed by atoms with Crippen LogP contribution in [0.25, 0.3) is 0 Å². The molecule has 1 aliphatic heterocycles. The third-order valence-corrected chi connectivity index (χ3v) is 4.08. The van der Waals surface area contributed by atoms with Crippen molar-refractivity contribution >= 4 is 11.6 Å². The summed E-state index contributed by atoms with van der Waals surface area (Å²) in [6, 6.07) is 7.58. The number of nitrogens with two attached hydrogens (primary N) is 1. The predicted molar refractivity (Wildman–Crippen MR) is 87.0 cm³/mol. The van der Waals surface area contributed by atoms with E-state index in [1.807, 2.05) is 29.2 Å². The maximum Gasteiger partial charge on any atom is 0.227 e. The lowest BCUT2D eigenvalue weighted by molar-refractivity contribution is -0.132. The van der Waals surface area contributed by atoms with Crippen LogP contribution in [0.3, 0.4) is 0 Å². The third-order valence-electron chi connectivity index (χ3n) is 4.08. The van der Waals surface area contributed by atoms with Gasteiger partial charge in [0.2, 0.25) is 5.91 Å². The Morgan fingerprint density at radius 3 is 2.33 bits per heavy atom. The first kappa shape index (κ1) is 15.8. The van der Waals surface area contributed by atoms with Crippen LogP contribution in [0, 0.1) is 5.92 Å². The third kappa shape index (κ3) is 5.05. The Hall–Kier alpha value is -1.55. The second-order valence-corrected chi connectivity index (χ2v) is 6.32. The number of piperazine rings is 1. The van der Waals surface area contributed by atoms with Crippen LogP contribution in [0.1, 0.15) is 25.8 Å². The molecule has 4 heteroatoms. The molecule has 1 aromatic carbocycles. The van der Waals surface area contributed by atoms with Gasteiger partial charge in [-0.25, -0.2) is 0 Å². The van der Waals surface area contributed by atoms with E-state index in [1.165, 1.54) is 6.42 Å². The van der Waals surface area contributed by atoms with Gasteiger partial charge >= 0.3 is 0 Å². The topological polar surface area (TPSA) is 49.6 Å². The normalized spacial score (nSPS) is 16.4. The Bertz CT molecular complexity index is 448. The van der Waals surface area contributed by atoms with Crippen LogP contribution in [-0.4, -0.2) is 48.4 Å². The molecular weight excluding hydrogens is 262 g/mol. The van der Waals surface area contributed by atoms with Gasteiger partial charge in [0, 0.05) is 31.9 Å². The predicted octanol–water partition coefficient (Wildman–Crippen LogP) is 2.00. The molecule has 4 nitrogen and oxygen atoms in total. The van der Waals surface area contributed by atoms with Gasteiger partial charge in [-0.1, -0.05) is 26.0 Å². The lowest BCUT2D eigenvalue weighted by Gasteiger charge is -2.35. The van der Waals surface area contributed by atoms with E-state index in [0.29, 0.717) is 6.42 Å². The van der Waals surface area contributed by atoms with Gasteiger partial charge in [-0.15, -0.1) is 0 Å². The summed E-state index contributed by atoms with van der Waals surface area (Å²) in [7, 11) is 0. The van der Waals surface area contributed by atoms with Crippen LogP contribution in [-0.2, 0) is 11.2 Å².